The molecule has 0 fully saturated rings. The van der Waals surface area contributed by atoms with Gasteiger partial charge >= 0.3 is 0 Å². The summed E-state index contributed by atoms with van der Waals surface area (Å²) in [5, 5.41) is 6.50. The van der Waals surface area contributed by atoms with Crippen molar-refractivity contribution >= 4 is 11.6 Å². The van der Waals surface area contributed by atoms with E-state index in [0.717, 1.165) is 44.3 Å². The highest BCUT2D eigenvalue weighted by Gasteiger charge is 2.20. The maximum absolute atomic E-state index is 12.4. The zero-order valence-electron chi connectivity index (χ0n) is 13.4. The Morgan fingerprint density at radius 1 is 1.04 bits per heavy atom. The van der Waals surface area contributed by atoms with Crippen LogP contribution in [0.2, 0.25) is 0 Å². The summed E-state index contributed by atoms with van der Waals surface area (Å²) >= 11 is 0. The standard InChI is InChI=1S/C20H24N2O/c23-20-19(21-15-7-10-16-8-2-1-3-9-16)14-6-12-17-11-4-5-13-18(17)22-20/h1-5,8-9,11,13,19,21H,6-7,10,12,14-15H2,(H,22,23)/t19-/m0/s1. The van der Waals surface area contributed by atoms with Gasteiger partial charge in [0, 0.05) is 5.69 Å². The molecule has 0 bridgehead atoms. The van der Waals surface area contributed by atoms with Gasteiger partial charge in [0.05, 0.1) is 6.04 Å². The number of carbonyl (C=O) groups is 1. The Balaban J connectivity index is 1.49. The number of fused-ring (bicyclic) bond motifs is 1. The van der Waals surface area contributed by atoms with Crippen molar-refractivity contribution in [2.24, 2.45) is 0 Å². The van der Waals surface area contributed by atoms with Gasteiger partial charge in [0.1, 0.15) is 0 Å². The van der Waals surface area contributed by atoms with Gasteiger partial charge in [-0.15, -0.1) is 0 Å². The molecular formula is C20H24N2O. The van der Waals surface area contributed by atoms with Gasteiger partial charge in [-0.05, 0) is 55.8 Å². The van der Waals surface area contributed by atoms with Gasteiger partial charge in [0.15, 0.2) is 0 Å². The molecule has 0 aromatic heterocycles. The third-order valence-corrected chi connectivity index (χ3v) is 4.41. The second-order valence-corrected chi connectivity index (χ2v) is 6.13. The summed E-state index contributed by atoms with van der Waals surface area (Å²) in [6.45, 7) is 0.870. The van der Waals surface area contributed by atoms with E-state index in [0.29, 0.717) is 0 Å². The largest absolute Gasteiger partial charge is 0.324 e. The number of hydrogen-bond donors (Lipinski definition) is 2. The first-order valence-corrected chi connectivity index (χ1v) is 8.49. The molecular weight excluding hydrogens is 284 g/mol. The molecule has 1 amide bonds. The predicted molar refractivity (Wildman–Crippen MR) is 94.6 cm³/mol. The highest BCUT2D eigenvalue weighted by molar-refractivity contribution is 5.95. The molecule has 1 atom stereocenters. The first-order valence-electron chi connectivity index (χ1n) is 8.49. The third-order valence-electron chi connectivity index (χ3n) is 4.41. The molecule has 0 saturated heterocycles. The average Bonchev–Trinajstić information content (AvgIpc) is 2.57. The summed E-state index contributed by atoms with van der Waals surface area (Å²) < 4.78 is 0. The van der Waals surface area contributed by atoms with Crippen molar-refractivity contribution in [2.45, 2.75) is 38.1 Å². The number of hydrogen-bond acceptors (Lipinski definition) is 2. The molecule has 2 aromatic carbocycles. The summed E-state index contributed by atoms with van der Waals surface area (Å²) in [4.78, 5) is 12.4. The Kier molecular flexibility index (Phi) is 5.43. The van der Waals surface area contributed by atoms with Gasteiger partial charge in [-0.2, -0.15) is 0 Å². The lowest BCUT2D eigenvalue weighted by atomic mass is 9.99. The van der Waals surface area contributed by atoms with Crippen molar-refractivity contribution < 1.29 is 4.79 Å². The molecule has 3 rings (SSSR count). The van der Waals surface area contributed by atoms with Crippen LogP contribution in [0.25, 0.3) is 0 Å². The minimum absolute atomic E-state index is 0.0841. The van der Waals surface area contributed by atoms with Crippen LogP contribution >= 0.6 is 0 Å². The number of para-hydroxylation sites is 1. The molecule has 2 N–H and O–H groups in total. The van der Waals surface area contributed by atoms with Crippen molar-refractivity contribution in [1.82, 2.24) is 5.32 Å². The second kappa shape index (κ2) is 7.93. The van der Waals surface area contributed by atoms with Crippen molar-refractivity contribution in [3.8, 4) is 0 Å². The maximum atomic E-state index is 12.4. The van der Waals surface area contributed by atoms with Crippen LogP contribution in [0.5, 0.6) is 0 Å². The van der Waals surface area contributed by atoms with E-state index in [2.05, 4.69) is 41.0 Å². The maximum Gasteiger partial charge on any atom is 0.241 e. The Hall–Kier alpha value is -2.13. The lowest BCUT2D eigenvalue weighted by molar-refractivity contribution is -0.118. The zero-order chi connectivity index (χ0) is 15.9. The SMILES string of the molecule is O=C1Nc2ccccc2CCC[C@@H]1NCCCc1ccccc1. The number of carbonyl (C=O) groups excluding carboxylic acids is 1. The van der Waals surface area contributed by atoms with E-state index >= 15 is 0 Å². The second-order valence-electron chi connectivity index (χ2n) is 6.13. The summed E-state index contributed by atoms with van der Waals surface area (Å²) in [6.07, 6.45) is 5.06. The smallest absolute Gasteiger partial charge is 0.241 e. The Morgan fingerprint density at radius 2 is 1.83 bits per heavy atom. The van der Waals surface area contributed by atoms with Crippen molar-refractivity contribution in [3.63, 3.8) is 0 Å². The van der Waals surface area contributed by atoms with E-state index < -0.39 is 0 Å². The molecule has 120 valence electrons. The number of nitrogens with one attached hydrogen (secondary N) is 2. The predicted octanol–water partition coefficient (Wildman–Crippen LogP) is 3.55. The fourth-order valence-electron chi connectivity index (χ4n) is 3.12. The van der Waals surface area contributed by atoms with Crippen LogP contribution in [-0.4, -0.2) is 18.5 Å². The van der Waals surface area contributed by atoms with Crippen LogP contribution in [0.4, 0.5) is 5.69 Å². The average molecular weight is 308 g/mol. The molecule has 0 spiro atoms. The lowest BCUT2D eigenvalue weighted by Crippen LogP contribution is -2.42. The molecule has 3 heteroatoms. The van der Waals surface area contributed by atoms with Crippen LogP contribution in [-0.2, 0) is 17.6 Å². The fourth-order valence-corrected chi connectivity index (χ4v) is 3.12. The van der Waals surface area contributed by atoms with E-state index in [9.17, 15) is 4.79 Å². The molecule has 0 aliphatic carbocycles. The molecule has 0 radical (unpaired) electrons. The van der Waals surface area contributed by atoms with E-state index in [-0.39, 0.29) is 11.9 Å². The van der Waals surface area contributed by atoms with Crippen LogP contribution in [0.3, 0.4) is 0 Å². The molecule has 23 heavy (non-hydrogen) atoms. The van der Waals surface area contributed by atoms with Gasteiger partial charge in [-0.1, -0.05) is 48.5 Å². The zero-order valence-corrected chi connectivity index (χ0v) is 13.4. The molecule has 1 aliphatic rings. The molecule has 3 nitrogen and oxygen atoms in total. The van der Waals surface area contributed by atoms with Gasteiger partial charge in [-0.25, -0.2) is 0 Å². The van der Waals surface area contributed by atoms with E-state index in [1.54, 1.807) is 0 Å². The molecule has 2 aromatic rings. The van der Waals surface area contributed by atoms with Crippen molar-refractivity contribution in [1.29, 1.82) is 0 Å². The van der Waals surface area contributed by atoms with Gasteiger partial charge in [0.25, 0.3) is 0 Å². The van der Waals surface area contributed by atoms with E-state index in [1.165, 1.54) is 11.1 Å². The quantitative estimate of drug-likeness (QED) is 0.829. The molecule has 0 unspecified atom stereocenters. The van der Waals surface area contributed by atoms with Crippen LogP contribution in [0, 0.1) is 0 Å². The molecule has 1 aliphatic heterocycles. The monoisotopic (exact) mass is 308 g/mol. The van der Waals surface area contributed by atoms with Gasteiger partial charge in [0.2, 0.25) is 5.91 Å². The van der Waals surface area contributed by atoms with Gasteiger partial charge < -0.3 is 10.6 Å². The lowest BCUT2D eigenvalue weighted by Gasteiger charge is -2.22. The fraction of sp³-hybridized carbons (Fsp3) is 0.350. The van der Waals surface area contributed by atoms with Crippen molar-refractivity contribution in [2.75, 3.05) is 11.9 Å². The van der Waals surface area contributed by atoms with E-state index in [1.807, 2.05) is 24.3 Å². The number of amides is 1. The summed E-state index contributed by atoms with van der Waals surface area (Å²) in [7, 11) is 0. The first kappa shape index (κ1) is 15.8. The first-order chi connectivity index (χ1) is 11.3. The normalized spacial score (nSPS) is 17.7. The Bertz CT molecular complexity index is 639. The van der Waals surface area contributed by atoms with Crippen LogP contribution in [0.15, 0.2) is 54.6 Å². The number of anilines is 1. The topological polar surface area (TPSA) is 41.1 Å². The third kappa shape index (κ3) is 4.42. The highest BCUT2D eigenvalue weighted by Crippen LogP contribution is 2.21. The highest BCUT2D eigenvalue weighted by atomic mass is 16.2. The van der Waals surface area contributed by atoms with Crippen molar-refractivity contribution in [3.05, 3.63) is 65.7 Å². The molecule has 0 saturated carbocycles. The van der Waals surface area contributed by atoms with Gasteiger partial charge in [-0.3, -0.25) is 4.79 Å². The Morgan fingerprint density at radius 3 is 2.70 bits per heavy atom. The summed E-state index contributed by atoms with van der Waals surface area (Å²) in [5.74, 6) is 0.0943. The number of aryl methyl sites for hydroxylation is 2. The van der Waals surface area contributed by atoms with Crippen LogP contribution in [0.1, 0.15) is 30.4 Å². The van der Waals surface area contributed by atoms with E-state index in [4.69, 9.17) is 0 Å². The number of rotatable bonds is 5. The summed E-state index contributed by atoms with van der Waals surface area (Å²) in [6, 6.07) is 18.5. The molecule has 1 heterocycles. The summed E-state index contributed by atoms with van der Waals surface area (Å²) in [5.41, 5.74) is 3.56. The number of benzene rings is 2. The minimum Gasteiger partial charge on any atom is -0.324 e. The van der Waals surface area contributed by atoms with Crippen LogP contribution < -0.4 is 10.6 Å². The Labute approximate surface area is 138 Å². The minimum atomic E-state index is -0.0841.